The zero-order valence-corrected chi connectivity index (χ0v) is 15.0. The number of hydrogen-bond donors (Lipinski definition) is 0. The fraction of sp³-hybridized carbons (Fsp3) is 0.600. The summed E-state index contributed by atoms with van der Waals surface area (Å²) < 4.78 is 18.7. The highest BCUT2D eigenvalue weighted by Crippen LogP contribution is 2.41. The average molecular weight is 360 g/mol. The maximum atomic E-state index is 13.4. The predicted octanol–water partition coefficient (Wildman–Crippen LogP) is 2.20. The number of piperidine rings is 1. The van der Waals surface area contributed by atoms with Gasteiger partial charge in [0.25, 0.3) is 0 Å². The van der Waals surface area contributed by atoms with Crippen molar-refractivity contribution in [3.8, 4) is 0 Å². The largest absolute Gasteiger partial charge is 0.381 e. The Morgan fingerprint density at radius 1 is 1.31 bits per heavy atom. The van der Waals surface area contributed by atoms with Crippen molar-refractivity contribution >= 4 is 11.8 Å². The molecule has 3 saturated heterocycles. The molecule has 0 N–H and O–H groups in total. The number of hydrogen-bond acceptors (Lipinski definition) is 3. The van der Waals surface area contributed by atoms with E-state index in [1.807, 2.05) is 15.9 Å². The lowest BCUT2D eigenvalue weighted by Gasteiger charge is -2.39. The van der Waals surface area contributed by atoms with E-state index in [4.69, 9.17) is 4.74 Å². The second kappa shape index (κ2) is 6.99. The van der Waals surface area contributed by atoms with E-state index in [1.54, 1.807) is 6.07 Å². The van der Waals surface area contributed by atoms with E-state index >= 15 is 0 Å². The third kappa shape index (κ3) is 3.47. The van der Waals surface area contributed by atoms with Gasteiger partial charge in [-0.1, -0.05) is 12.1 Å². The van der Waals surface area contributed by atoms with Crippen LogP contribution in [0.1, 0.15) is 31.2 Å². The van der Waals surface area contributed by atoms with Crippen LogP contribution in [0, 0.1) is 17.2 Å². The number of benzene rings is 1. The van der Waals surface area contributed by atoms with Crippen LogP contribution < -0.4 is 0 Å². The number of carbonyl (C=O) groups is 2. The van der Waals surface area contributed by atoms with Gasteiger partial charge in [0.2, 0.25) is 11.8 Å². The van der Waals surface area contributed by atoms with Crippen LogP contribution in [0.4, 0.5) is 4.39 Å². The van der Waals surface area contributed by atoms with Crippen LogP contribution in [0.5, 0.6) is 0 Å². The molecule has 1 aromatic carbocycles. The molecule has 5 nitrogen and oxygen atoms in total. The first kappa shape index (κ1) is 17.5. The Morgan fingerprint density at radius 2 is 2.12 bits per heavy atom. The SMILES string of the molecule is O=C1CC2(CCN(C(=O)C3CCOC3)CC2)CN1Cc1cccc(F)c1. The summed E-state index contributed by atoms with van der Waals surface area (Å²) in [5.74, 6) is 0.0850. The van der Waals surface area contributed by atoms with Crippen LogP contribution in [0.3, 0.4) is 0 Å². The monoisotopic (exact) mass is 360 g/mol. The number of halogens is 1. The highest BCUT2D eigenvalue weighted by Gasteiger charge is 2.45. The summed E-state index contributed by atoms with van der Waals surface area (Å²) in [4.78, 5) is 28.8. The van der Waals surface area contributed by atoms with E-state index in [2.05, 4.69) is 0 Å². The highest BCUT2D eigenvalue weighted by atomic mass is 19.1. The molecule has 1 atom stereocenters. The molecule has 2 amide bonds. The molecule has 0 bridgehead atoms. The van der Waals surface area contributed by atoms with E-state index in [-0.39, 0.29) is 29.0 Å². The van der Waals surface area contributed by atoms with Crippen LogP contribution in [0.25, 0.3) is 0 Å². The first-order valence-corrected chi connectivity index (χ1v) is 9.43. The Balaban J connectivity index is 1.35. The minimum absolute atomic E-state index is 0.0127. The Morgan fingerprint density at radius 3 is 2.81 bits per heavy atom. The van der Waals surface area contributed by atoms with Crippen LogP contribution in [0.15, 0.2) is 24.3 Å². The molecule has 1 aromatic rings. The average Bonchev–Trinajstić information content (AvgIpc) is 3.24. The van der Waals surface area contributed by atoms with Gasteiger partial charge in [0.1, 0.15) is 5.82 Å². The quantitative estimate of drug-likeness (QED) is 0.830. The molecule has 3 fully saturated rings. The van der Waals surface area contributed by atoms with Gasteiger partial charge in [-0.2, -0.15) is 0 Å². The van der Waals surface area contributed by atoms with Crippen molar-refractivity contribution in [3.63, 3.8) is 0 Å². The normalized spacial score (nSPS) is 25.3. The van der Waals surface area contributed by atoms with Crippen molar-refractivity contribution in [1.82, 2.24) is 9.80 Å². The van der Waals surface area contributed by atoms with Gasteiger partial charge in [0, 0.05) is 44.6 Å². The maximum Gasteiger partial charge on any atom is 0.228 e. The zero-order chi connectivity index (χ0) is 18.1. The number of nitrogens with zero attached hydrogens (tertiary/aromatic N) is 2. The summed E-state index contributed by atoms with van der Waals surface area (Å²) in [5.41, 5.74) is 0.789. The van der Waals surface area contributed by atoms with Gasteiger partial charge in [-0.05, 0) is 37.0 Å². The van der Waals surface area contributed by atoms with Crippen molar-refractivity contribution < 1.29 is 18.7 Å². The van der Waals surface area contributed by atoms with Crippen molar-refractivity contribution in [3.05, 3.63) is 35.6 Å². The zero-order valence-electron chi connectivity index (χ0n) is 15.0. The summed E-state index contributed by atoms with van der Waals surface area (Å²) in [5, 5.41) is 0. The lowest BCUT2D eigenvalue weighted by Crippen LogP contribution is -2.46. The summed E-state index contributed by atoms with van der Waals surface area (Å²) in [6.07, 6.45) is 3.08. The van der Waals surface area contributed by atoms with Crippen LogP contribution in [-0.4, -0.2) is 54.5 Å². The fourth-order valence-corrected chi connectivity index (χ4v) is 4.51. The lowest BCUT2D eigenvalue weighted by molar-refractivity contribution is -0.137. The van der Waals surface area contributed by atoms with E-state index < -0.39 is 0 Å². The van der Waals surface area contributed by atoms with Crippen LogP contribution >= 0.6 is 0 Å². The van der Waals surface area contributed by atoms with Crippen LogP contribution in [-0.2, 0) is 20.9 Å². The molecule has 4 rings (SSSR count). The Kier molecular flexibility index (Phi) is 4.69. The molecule has 1 unspecified atom stereocenters. The number of amides is 2. The van der Waals surface area contributed by atoms with Gasteiger partial charge in [-0.15, -0.1) is 0 Å². The molecule has 1 spiro atoms. The van der Waals surface area contributed by atoms with Gasteiger partial charge in [-0.25, -0.2) is 4.39 Å². The standard InChI is InChI=1S/C20H25FN2O3/c21-17-3-1-2-15(10-17)12-23-14-20(11-18(23)24)5-7-22(8-6-20)19(25)16-4-9-26-13-16/h1-3,10,16H,4-9,11-14H2. The van der Waals surface area contributed by atoms with Gasteiger partial charge in [-0.3, -0.25) is 9.59 Å². The summed E-state index contributed by atoms with van der Waals surface area (Å²) in [6, 6.07) is 6.44. The number of carbonyl (C=O) groups excluding carboxylic acids is 2. The first-order valence-electron chi connectivity index (χ1n) is 9.43. The second-order valence-electron chi connectivity index (χ2n) is 7.94. The van der Waals surface area contributed by atoms with Gasteiger partial charge < -0.3 is 14.5 Å². The van der Waals surface area contributed by atoms with Crippen molar-refractivity contribution in [1.29, 1.82) is 0 Å². The third-order valence-electron chi connectivity index (χ3n) is 6.08. The smallest absolute Gasteiger partial charge is 0.228 e. The molecule has 3 aliphatic heterocycles. The minimum atomic E-state index is -0.272. The summed E-state index contributed by atoms with van der Waals surface area (Å²) in [7, 11) is 0. The Bertz CT molecular complexity index is 694. The Hall–Kier alpha value is -1.95. The molecule has 0 saturated carbocycles. The van der Waals surface area contributed by atoms with Crippen molar-refractivity contribution in [2.45, 2.75) is 32.2 Å². The molecule has 26 heavy (non-hydrogen) atoms. The third-order valence-corrected chi connectivity index (χ3v) is 6.08. The van der Waals surface area contributed by atoms with Crippen molar-refractivity contribution in [2.24, 2.45) is 11.3 Å². The van der Waals surface area contributed by atoms with E-state index in [1.165, 1.54) is 12.1 Å². The van der Waals surface area contributed by atoms with Gasteiger partial charge in [0.15, 0.2) is 0 Å². The molecule has 6 heteroatoms. The molecule has 3 heterocycles. The maximum absolute atomic E-state index is 13.4. The minimum Gasteiger partial charge on any atom is -0.381 e. The molecular formula is C20H25FN2O3. The molecular weight excluding hydrogens is 335 g/mol. The molecule has 0 radical (unpaired) electrons. The van der Waals surface area contributed by atoms with E-state index in [0.29, 0.717) is 32.7 Å². The van der Waals surface area contributed by atoms with Gasteiger partial charge in [0.05, 0.1) is 12.5 Å². The summed E-state index contributed by atoms with van der Waals surface area (Å²) >= 11 is 0. The number of ether oxygens (including phenoxy) is 1. The Labute approximate surface area is 153 Å². The first-order chi connectivity index (χ1) is 12.5. The molecule has 140 valence electrons. The number of likely N-dealkylation sites (tertiary alicyclic amines) is 2. The highest BCUT2D eigenvalue weighted by molar-refractivity contribution is 5.81. The molecule has 0 aromatic heterocycles. The van der Waals surface area contributed by atoms with E-state index in [0.717, 1.165) is 37.9 Å². The van der Waals surface area contributed by atoms with Crippen molar-refractivity contribution in [2.75, 3.05) is 32.8 Å². The molecule has 0 aliphatic carbocycles. The molecule has 3 aliphatic rings. The summed E-state index contributed by atoms with van der Waals surface area (Å²) in [6.45, 7) is 3.82. The lowest BCUT2D eigenvalue weighted by atomic mass is 9.77. The topological polar surface area (TPSA) is 49.9 Å². The fourth-order valence-electron chi connectivity index (χ4n) is 4.51. The van der Waals surface area contributed by atoms with E-state index in [9.17, 15) is 14.0 Å². The van der Waals surface area contributed by atoms with Crippen LogP contribution in [0.2, 0.25) is 0 Å². The number of rotatable bonds is 3. The van der Waals surface area contributed by atoms with Gasteiger partial charge >= 0.3 is 0 Å². The second-order valence-corrected chi connectivity index (χ2v) is 7.94. The predicted molar refractivity (Wildman–Crippen MR) is 93.6 cm³/mol.